The summed E-state index contributed by atoms with van der Waals surface area (Å²) in [6.45, 7) is 1.15. The van der Waals surface area contributed by atoms with E-state index in [1.54, 1.807) is 18.2 Å². The van der Waals surface area contributed by atoms with E-state index in [2.05, 4.69) is 11.6 Å². The second-order valence-corrected chi connectivity index (χ2v) is 7.68. The minimum atomic E-state index is -5.46. The molecule has 12 heteroatoms. The van der Waals surface area contributed by atoms with Crippen LogP contribution in [0.25, 0.3) is 0 Å². The fraction of sp³-hybridized carbons (Fsp3) is 0.500. The highest BCUT2D eigenvalue weighted by molar-refractivity contribution is 7.84. The van der Waals surface area contributed by atoms with E-state index in [9.17, 15) is 34.9 Å². The van der Waals surface area contributed by atoms with Gasteiger partial charge in [0.05, 0.1) is 0 Å². The molecule has 1 aromatic rings. The summed E-state index contributed by atoms with van der Waals surface area (Å²) in [6.07, 6.45) is -6.78. The van der Waals surface area contributed by atoms with Gasteiger partial charge in [-0.1, -0.05) is 30.3 Å². The van der Waals surface area contributed by atoms with Gasteiger partial charge in [0.2, 0.25) is 11.0 Å². The summed E-state index contributed by atoms with van der Waals surface area (Å²) in [5.74, 6) is -0.923. The number of hydrogen-bond acceptors (Lipinski definition) is 2. The number of halogens is 8. The van der Waals surface area contributed by atoms with E-state index in [1.165, 1.54) is 19.1 Å². The molecule has 0 unspecified atom stereocenters. The van der Waals surface area contributed by atoms with Crippen LogP contribution in [-0.4, -0.2) is 38.2 Å². The molecule has 2 rings (SSSR count). The third kappa shape index (κ3) is 4.62. The van der Waals surface area contributed by atoms with Crippen molar-refractivity contribution in [3.63, 3.8) is 0 Å². The quantitative estimate of drug-likeness (QED) is 0.428. The molecule has 0 fully saturated rings. The lowest BCUT2D eigenvalue weighted by atomic mass is 9.91. The van der Waals surface area contributed by atoms with Crippen LogP contribution in [0.5, 0.6) is 0 Å². The zero-order chi connectivity index (χ0) is 21.3. The van der Waals surface area contributed by atoms with E-state index in [1.807, 2.05) is 0 Å². The number of allylic oxidation sites excluding steroid dienone is 2. The van der Waals surface area contributed by atoms with E-state index in [-0.39, 0.29) is 17.3 Å². The smallest absolute Gasteiger partial charge is 0.358 e. The Balaban J connectivity index is 2.58. The van der Waals surface area contributed by atoms with Crippen LogP contribution in [0.4, 0.5) is 30.7 Å². The molecule has 0 aliphatic carbocycles. The van der Waals surface area contributed by atoms with Crippen molar-refractivity contribution in [3.8, 4) is 0 Å². The summed E-state index contributed by atoms with van der Waals surface area (Å²) in [6, 6.07) is 7.81. The van der Waals surface area contributed by atoms with Crippen molar-refractivity contribution in [1.82, 2.24) is 4.31 Å². The summed E-state index contributed by atoms with van der Waals surface area (Å²) < 4.78 is 111. The maximum Gasteiger partial charge on any atom is 0.431 e. The Bertz CT molecular complexity index is 737. The van der Waals surface area contributed by atoms with E-state index in [0.29, 0.717) is 11.6 Å². The summed E-state index contributed by atoms with van der Waals surface area (Å²) in [5.41, 5.74) is -1.33. The number of hydrogen-bond donors (Lipinski definition) is 0. The van der Waals surface area contributed by atoms with Gasteiger partial charge in [0.15, 0.2) is 0 Å². The van der Waals surface area contributed by atoms with Crippen LogP contribution >= 0.6 is 11.6 Å². The minimum absolute atomic E-state index is 0.228. The van der Waals surface area contributed by atoms with Crippen molar-refractivity contribution in [3.05, 3.63) is 47.7 Å². The first kappa shape index (κ1) is 23.0. The lowest BCUT2D eigenvalue weighted by Crippen LogP contribution is -2.54. The first-order chi connectivity index (χ1) is 12.8. The summed E-state index contributed by atoms with van der Waals surface area (Å²) in [4.78, 5) is 0. The van der Waals surface area contributed by atoms with Crippen LogP contribution in [0, 0.1) is 0 Å². The number of ether oxygens (including phenoxy) is 1. The second-order valence-electron chi connectivity index (χ2n) is 5.80. The molecule has 0 aromatic heterocycles. The van der Waals surface area contributed by atoms with Gasteiger partial charge in [-0.3, -0.25) is 4.31 Å². The van der Waals surface area contributed by atoms with Gasteiger partial charge in [-0.2, -0.15) is 30.7 Å². The maximum absolute atomic E-state index is 13.8. The average molecular weight is 454 g/mol. The van der Waals surface area contributed by atoms with Crippen molar-refractivity contribution in [2.24, 2.45) is 0 Å². The SMILES string of the molecule is CCO[C@H]1C[C@@H](c2ccccc2)C=C(C(F)(F)F)N1[S@@](=O)C(F)(F)C(F)(F)Cl. The molecular formula is C16H15ClF7NO2S. The summed E-state index contributed by atoms with van der Waals surface area (Å²) in [7, 11) is -4.16. The predicted octanol–water partition coefficient (Wildman–Crippen LogP) is 5.37. The van der Waals surface area contributed by atoms with Gasteiger partial charge in [-0.05, 0) is 30.2 Å². The van der Waals surface area contributed by atoms with Crippen LogP contribution in [0.15, 0.2) is 42.1 Å². The predicted molar refractivity (Wildman–Crippen MR) is 89.1 cm³/mol. The van der Waals surface area contributed by atoms with Crippen molar-refractivity contribution < 1.29 is 39.7 Å². The summed E-state index contributed by atoms with van der Waals surface area (Å²) in [5, 5.41) is -10.8. The van der Waals surface area contributed by atoms with E-state index < -0.39 is 45.6 Å². The van der Waals surface area contributed by atoms with E-state index >= 15 is 0 Å². The molecule has 0 saturated carbocycles. The molecule has 3 atom stereocenters. The van der Waals surface area contributed by atoms with Gasteiger partial charge in [0.25, 0.3) is 0 Å². The molecule has 0 amide bonds. The maximum atomic E-state index is 13.8. The van der Waals surface area contributed by atoms with Gasteiger partial charge in [0.1, 0.15) is 11.9 Å². The van der Waals surface area contributed by atoms with Crippen molar-refractivity contribution in [1.29, 1.82) is 0 Å². The van der Waals surface area contributed by atoms with Gasteiger partial charge < -0.3 is 4.74 Å². The monoisotopic (exact) mass is 453 g/mol. The first-order valence-electron chi connectivity index (χ1n) is 7.92. The van der Waals surface area contributed by atoms with Crippen LogP contribution in [0.1, 0.15) is 24.8 Å². The number of alkyl halides is 8. The Morgan fingerprint density at radius 2 is 1.71 bits per heavy atom. The molecule has 28 heavy (non-hydrogen) atoms. The summed E-state index contributed by atoms with van der Waals surface area (Å²) >= 11 is 4.31. The molecule has 0 radical (unpaired) electrons. The van der Waals surface area contributed by atoms with Gasteiger partial charge in [-0.15, -0.1) is 0 Å². The van der Waals surface area contributed by atoms with Crippen molar-refractivity contribution >= 4 is 22.6 Å². The third-order valence-electron chi connectivity index (χ3n) is 3.92. The average Bonchev–Trinajstić information content (AvgIpc) is 2.59. The Hall–Kier alpha value is -1.33. The third-order valence-corrected chi connectivity index (χ3v) is 5.75. The Morgan fingerprint density at radius 1 is 1.14 bits per heavy atom. The first-order valence-corrected chi connectivity index (χ1v) is 9.40. The van der Waals surface area contributed by atoms with Crippen molar-refractivity contribution in [2.75, 3.05) is 6.61 Å². The second kappa shape index (κ2) is 8.19. The van der Waals surface area contributed by atoms with Crippen molar-refractivity contribution in [2.45, 2.75) is 42.3 Å². The largest absolute Gasteiger partial charge is 0.431 e. The topological polar surface area (TPSA) is 29.5 Å². The van der Waals surface area contributed by atoms with Crippen LogP contribution in [0.3, 0.4) is 0 Å². The Labute approximate surface area is 163 Å². The molecular weight excluding hydrogens is 439 g/mol. The van der Waals surface area contributed by atoms with Gasteiger partial charge >= 0.3 is 16.8 Å². The highest BCUT2D eigenvalue weighted by atomic mass is 35.5. The van der Waals surface area contributed by atoms with Crippen LogP contribution in [-0.2, 0) is 15.7 Å². The molecule has 3 nitrogen and oxygen atoms in total. The molecule has 0 spiro atoms. The van der Waals surface area contributed by atoms with Gasteiger partial charge in [-0.25, -0.2) is 4.21 Å². The molecule has 0 N–H and O–H groups in total. The molecule has 1 aliphatic heterocycles. The van der Waals surface area contributed by atoms with E-state index in [4.69, 9.17) is 4.74 Å². The fourth-order valence-electron chi connectivity index (χ4n) is 2.70. The molecule has 0 saturated heterocycles. The zero-order valence-electron chi connectivity index (χ0n) is 14.2. The number of benzene rings is 1. The normalized spacial score (nSPS) is 22.8. The molecule has 0 bridgehead atoms. The van der Waals surface area contributed by atoms with Crippen LogP contribution < -0.4 is 0 Å². The van der Waals surface area contributed by atoms with Crippen LogP contribution in [0.2, 0.25) is 0 Å². The lowest BCUT2D eigenvalue weighted by Gasteiger charge is -2.41. The molecule has 158 valence electrons. The molecule has 1 heterocycles. The Morgan fingerprint density at radius 3 is 2.18 bits per heavy atom. The standard InChI is InChI=1S/C16H15ClF7NO2S/c1-2-27-13-9-11(10-6-4-3-5-7-10)8-12(14(18,19)20)25(13)28(26)16(23,24)15(17,21)22/h3-8,11,13H,2,9H2,1H3/t11-,13-,28-/m0/s1. The Kier molecular flexibility index (Phi) is 6.72. The van der Waals surface area contributed by atoms with E-state index in [0.717, 1.165) is 0 Å². The lowest BCUT2D eigenvalue weighted by molar-refractivity contribution is -0.131. The fourth-order valence-corrected chi connectivity index (χ4v) is 4.05. The molecule has 1 aliphatic rings. The molecule has 1 aromatic carbocycles. The highest BCUT2D eigenvalue weighted by Gasteiger charge is 2.64. The van der Waals surface area contributed by atoms with Gasteiger partial charge in [0, 0.05) is 18.9 Å². The highest BCUT2D eigenvalue weighted by Crippen LogP contribution is 2.47. The zero-order valence-corrected chi connectivity index (χ0v) is 15.8. The number of nitrogens with zero attached hydrogens (tertiary/aromatic N) is 1. The minimum Gasteiger partial charge on any atom is -0.358 e. The number of rotatable bonds is 6.